The number of piperidine rings is 1. The summed E-state index contributed by atoms with van der Waals surface area (Å²) in [4.78, 5) is 42.0. The van der Waals surface area contributed by atoms with Crippen molar-refractivity contribution in [3.05, 3.63) is 112 Å². The number of amides is 1. The zero-order chi connectivity index (χ0) is 31.3. The average molecular weight is 612 g/mol. The highest BCUT2D eigenvalue weighted by Crippen LogP contribution is 2.34. The van der Waals surface area contributed by atoms with Crippen LogP contribution in [0.1, 0.15) is 66.6 Å². The first-order chi connectivity index (χ1) is 21.1. The number of benzene rings is 3. The lowest BCUT2D eigenvalue weighted by Gasteiger charge is -2.40. The minimum absolute atomic E-state index is 0.0672. The van der Waals surface area contributed by atoms with Crippen LogP contribution in [0.3, 0.4) is 0 Å². The maximum atomic E-state index is 14.0. The van der Waals surface area contributed by atoms with Crippen LogP contribution < -0.4 is 0 Å². The molecule has 1 aliphatic heterocycles. The molecule has 1 amide bonds. The van der Waals surface area contributed by atoms with Gasteiger partial charge >= 0.3 is 5.97 Å². The summed E-state index contributed by atoms with van der Waals surface area (Å²) in [5, 5.41) is 11.9. The zero-order valence-electron chi connectivity index (χ0n) is 24.9. The Morgan fingerprint density at radius 2 is 1.77 bits per heavy atom. The first kappa shape index (κ1) is 30.8. The minimum atomic E-state index is -0.660. The smallest absolute Gasteiger partial charge is 0.338 e. The third-order valence-corrected chi connectivity index (χ3v) is 7.66. The van der Waals surface area contributed by atoms with E-state index < -0.39 is 17.6 Å². The Morgan fingerprint density at radius 3 is 2.45 bits per heavy atom. The van der Waals surface area contributed by atoms with E-state index in [1.165, 1.54) is 17.1 Å². The maximum absolute atomic E-state index is 14.0. The molecule has 226 valence electrons. The van der Waals surface area contributed by atoms with Gasteiger partial charge in [-0.15, -0.1) is 5.10 Å². The quantitative estimate of drug-likeness (QED) is 0.181. The molecular weight excluding hydrogens is 578 g/mol. The topological polar surface area (TPSA) is 107 Å². The van der Waals surface area contributed by atoms with Gasteiger partial charge in [0.2, 0.25) is 5.91 Å². The number of ether oxygens (including phenoxy) is 1. The molecule has 3 aromatic carbocycles. The van der Waals surface area contributed by atoms with E-state index in [0.29, 0.717) is 28.4 Å². The van der Waals surface area contributed by atoms with Crippen molar-refractivity contribution >= 4 is 35.3 Å². The lowest BCUT2D eigenvalue weighted by atomic mass is 9.80. The number of rotatable bonds is 8. The highest BCUT2D eigenvalue weighted by Gasteiger charge is 2.39. The number of hydrogen-bond donors (Lipinski definition) is 0. The molecule has 0 aliphatic carbocycles. The van der Waals surface area contributed by atoms with E-state index in [2.05, 4.69) is 15.5 Å². The predicted octanol–water partition coefficient (Wildman–Crippen LogP) is 5.87. The first-order valence-corrected chi connectivity index (χ1v) is 14.9. The number of nitrogens with zero attached hydrogens (tertiary/aromatic N) is 5. The summed E-state index contributed by atoms with van der Waals surface area (Å²) in [6.45, 7) is 5.90. The number of Topliss-reactive ketones (excluding diaryl/α,β-unsaturated/α-hetero) is 1. The van der Waals surface area contributed by atoms with Gasteiger partial charge in [0.15, 0.2) is 5.78 Å². The molecule has 1 aliphatic rings. The van der Waals surface area contributed by atoms with Crippen molar-refractivity contribution in [2.24, 2.45) is 0 Å². The molecule has 5 rings (SSSR count). The van der Waals surface area contributed by atoms with Crippen LogP contribution >= 0.6 is 11.6 Å². The van der Waals surface area contributed by atoms with E-state index in [9.17, 15) is 14.4 Å². The minimum Gasteiger partial charge on any atom is -0.456 e. The van der Waals surface area contributed by atoms with Gasteiger partial charge in [-0.2, -0.15) is 4.68 Å². The number of likely N-dealkylation sites (tertiary alicyclic amines) is 1. The van der Waals surface area contributed by atoms with Crippen molar-refractivity contribution in [1.82, 2.24) is 25.1 Å². The predicted molar refractivity (Wildman–Crippen MR) is 167 cm³/mol. The molecular formula is C34H34ClN5O4. The molecule has 4 aromatic rings. The number of carbonyl (C=O) groups is 3. The third kappa shape index (κ3) is 7.47. The summed E-state index contributed by atoms with van der Waals surface area (Å²) < 4.78 is 6.95. The number of hydrogen-bond acceptors (Lipinski definition) is 7. The van der Waals surface area contributed by atoms with Gasteiger partial charge in [-0.25, -0.2) is 4.79 Å². The van der Waals surface area contributed by atoms with Crippen LogP contribution in [0.2, 0.25) is 5.02 Å². The second kappa shape index (κ2) is 13.3. The summed E-state index contributed by atoms with van der Waals surface area (Å²) in [5.74, 6) is -0.911. The third-order valence-electron chi connectivity index (χ3n) is 7.43. The molecule has 0 spiro atoms. The molecule has 0 bridgehead atoms. The second-order valence-electron chi connectivity index (χ2n) is 11.8. The monoisotopic (exact) mass is 611 g/mol. The summed E-state index contributed by atoms with van der Waals surface area (Å²) in [5.41, 5.74) is 2.90. The van der Waals surface area contributed by atoms with Gasteiger partial charge in [0, 0.05) is 35.5 Å². The highest BCUT2D eigenvalue weighted by atomic mass is 35.5. The standard InChI is InChI=1S/C34H34ClN5O4/c1-34(2,3)44-33(43)25-13-11-23(12-14-25)20-30(41)32-28(24-8-5-4-6-9-24)10-7-19-39(32)31(42)18-15-26-21-27(35)16-17-29(26)40-22-36-37-38-40/h4-6,8-9,11-18,21-22,28,32H,7,10,19-20H2,1-3H3/b18-15+. The molecule has 10 heteroatoms. The molecule has 2 unspecified atom stereocenters. The fourth-order valence-corrected chi connectivity index (χ4v) is 5.67. The molecule has 1 fully saturated rings. The van der Waals surface area contributed by atoms with Crippen molar-refractivity contribution in [3.63, 3.8) is 0 Å². The molecule has 9 nitrogen and oxygen atoms in total. The van der Waals surface area contributed by atoms with Crippen LogP contribution in [-0.4, -0.2) is 61.0 Å². The number of carbonyl (C=O) groups excluding carboxylic acids is 3. The fraction of sp³-hybridized carbons (Fsp3) is 0.294. The van der Waals surface area contributed by atoms with Crippen molar-refractivity contribution in [1.29, 1.82) is 0 Å². The van der Waals surface area contributed by atoms with Crippen LogP contribution in [0.25, 0.3) is 11.8 Å². The van der Waals surface area contributed by atoms with Crippen LogP contribution in [0.4, 0.5) is 0 Å². The van der Waals surface area contributed by atoms with Gasteiger partial charge in [0.1, 0.15) is 11.9 Å². The Kier molecular flexibility index (Phi) is 9.35. The van der Waals surface area contributed by atoms with Crippen LogP contribution in [0, 0.1) is 0 Å². The summed E-state index contributed by atoms with van der Waals surface area (Å²) in [7, 11) is 0. The van der Waals surface area contributed by atoms with Gasteiger partial charge < -0.3 is 9.64 Å². The Hall–Kier alpha value is -4.63. The number of aromatic nitrogens is 4. The fourth-order valence-electron chi connectivity index (χ4n) is 5.49. The number of tetrazole rings is 1. The molecule has 44 heavy (non-hydrogen) atoms. The zero-order valence-corrected chi connectivity index (χ0v) is 25.6. The van der Waals surface area contributed by atoms with E-state index >= 15 is 0 Å². The molecule has 0 saturated carbocycles. The van der Waals surface area contributed by atoms with Crippen LogP contribution in [0.15, 0.2) is 85.2 Å². The summed E-state index contributed by atoms with van der Waals surface area (Å²) in [6, 6.07) is 21.3. The Bertz CT molecular complexity index is 1650. The van der Waals surface area contributed by atoms with E-state index in [-0.39, 0.29) is 24.0 Å². The molecule has 1 aromatic heterocycles. The molecule has 2 heterocycles. The highest BCUT2D eigenvalue weighted by molar-refractivity contribution is 6.30. The summed E-state index contributed by atoms with van der Waals surface area (Å²) >= 11 is 6.27. The van der Waals surface area contributed by atoms with Crippen LogP contribution in [-0.2, 0) is 20.7 Å². The summed E-state index contributed by atoms with van der Waals surface area (Å²) in [6.07, 6.45) is 6.28. The van der Waals surface area contributed by atoms with Crippen LogP contribution in [0.5, 0.6) is 0 Å². The van der Waals surface area contributed by atoms with E-state index in [4.69, 9.17) is 16.3 Å². The number of ketones is 1. The Labute approximate surface area is 261 Å². The lowest BCUT2D eigenvalue weighted by molar-refractivity contribution is -0.138. The average Bonchev–Trinajstić information content (AvgIpc) is 3.54. The Morgan fingerprint density at radius 1 is 1.02 bits per heavy atom. The number of halogens is 1. The van der Waals surface area contributed by atoms with Crippen molar-refractivity contribution in [2.45, 2.75) is 57.6 Å². The van der Waals surface area contributed by atoms with Crippen molar-refractivity contribution in [2.75, 3.05) is 6.54 Å². The lowest BCUT2D eigenvalue weighted by Crippen LogP contribution is -2.51. The second-order valence-corrected chi connectivity index (χ2v) is 12.2. The van der Waals surface area contributed by atoms with E-state index in [0.717, 1.165) is 24.0 Å². The Balaban J connectivity index is 1.40. The molecule has 0 radical (unpaired) electrons. The van der Waals surface area contributed by atoms with E-state index in [1.807, 2.05) is 51.1 Å². The molecule has 0 N–H and O–H groups in total. The van der Waals surface area contributed by atoms with Crippen molar-refractivity contribution in [3.8, 4) is 5.69 Å². The maximum Gasteiger partial charge on any atom is 0.338 e. The first-order valence-electron chi connectivity index (χ1n) is 14.5. The SMILES string of the molecule is CC(C)(C)OC(=O)c1ccc(CC(=O)C2C(c3ccccc3)CCCN2C(=O)/C=C/c2cc(Cl)ccc2-n2cnnn2)cc1. The van der Waals surface area contributed by atoms with Gasteiger partial charge in [-0.1, -0.05) is 54.1 Å². The van der Waals surface area contributed by atoms with Crippen molar-refractivity contribution < 1.29 is 19.1 Å². The largest absolute Gasteiger partial charge is 0.456 e. The normalized spacial score (nSPS) is 17.0. The van der Waals surface area contributed by atoms with Gasteiger partial charge in [0.25, 0.3) is 0 Å². The van der Waals surface area contributed by atoms with Gasteiger partial charge in [-0.3, -0.25) is 9.59 Å². The van der Waals surface area contributed by atoms with Gasteiger partial charge in [0.05, 0.1) is 17.3 Å². The number of esters is 1. The van der Waals surface area contributed by atoms with E-state index in [1.54, 1.807) is 53.4 Å². The molecule has 2 atom stereocenters. The molecule has 1 saturated heterocycles. The van der Waals surface area contributed by atoms with Gasteiger partial charge in [-0.05, 0) is 91.6 Å².